The van der Waals surface area contributed by atoms with E-state index in [0.29, 0.717) is 24.0 Å². The smallest absolute Gasteiger partial charge is 0.243 e. The number of benzene rings is 2. The van der Waals surface area contributed by atoms with Gasteiger partial charge in [0.05, 0.1) is 10.9 Å². The Morgan fingerprint density at radius 1 is 0.963 bits per heavy atom. The monoisotopic (exact) mass is 389 g/mol. The average Bonchev–Trinajstić information content (AvgIpc) is 2.67. The Morgan fingerprint density at radius 2 is 1.59 bits per heavy atom. The fourth-order valence-corrected chi connectivity index (χ4v) is 6.13. The summed E-state index contributed by atoms with van der Waals surface area (Å²) in [5, 5.41) is 2.03. The Bertz CT molecular complexity index is 897. The molecule has 27 heavy (non-hydrogen) atoms. The second-order valence-corrected chi connectivity index (χ2v) is 9.95. The van der Waals surface area contributed by atoms with Crippen LogP contribution in [-0.2, 0) is 14.8 Å². The summed E-state index contributed by atoms with van der Waals surface area (Å²) in [6, 6.07) is 13.8. The molecule has 2 aliphatic heterocycles. The van der Waals surface area contributed by atoms with Crippen LogP contribution in [0.1, 0.15) is 26.7 Å². The van der Waals surface area contributed by atoms with Crippen LogP contribution in [0.5, 0.6) is 0 Å². The normalized spacial score (nSPS) is 28.4. The predicted octanol–water partition coefficient (Wildman–Crippen LogP) is 1.69. The molecule has 2 fully saturated rings. The molecule has 4 rings (SSSR count). The van der Waals surface area contributed by atoms with Crippen molar-refractivity contribution in [2.24, 2.45) is 0 Å². The van der Waals surface area contributed by atoms with E-state index in [-0.39, 0.29) is 12.2 Å². The van der Waals surface area contributed by atoms with Gasteiger partial charge in [0.15, 0.2) is 0 Å². The highest BCUT2D eigenvalue weighted by atomic mass is 32.2. The van der Waals surface area contributed by atoms with Gasteiger partial charge >= 0.3 is 0 Å². The number of nitrogens with one attached hydrogen (secondary N) is 1. The van der Waals surface area contributed by atoms with Gasteiger partial charge in [-0.3, -0.25) is 0 Å². The second-order valence-electron chi connectivity index (χ2n) is 8.01. The molecule has 2 aliphatic rings. The average molecular weight is 390 g/mol. The van der Waals surface area contributed by atoms with Gasteiger partial charge in [-0.2, -0.15) is 4.31 Å². The Labute approximate surface area is 162 Å². The topological polar surface area (TPSA) is 51.0 Å². The third kappa shape index (κ3) is 3.90. The lowest BCUT2D eigenvalue weighted by molar-refractivity contribution is -0.940. The van der Waals surface area contributed by atoms with Crippen molar-refractivity contribution in [2.45, 2.75) is 49.8 Å². The number of morpholine rings is 1. The maximum Gasteiger partial charge on any atom is 0.243 e. The number of quaternary nitrogens is 1. The van der Waals surface area contributed by atoms with Crippen molar-refractivity contribution in [1.82, 2.24) is 4.31 Å². The highest BCUT2D eigenvalue weighted by molar-refractivity contribution is 7.89. The van der Waals surface area contributed by atoms with E-state index >= 15 is 0 Å². The van der Waals surface area contributed by atoms with Crippen LogP contribution < -0.4 is 4.90 Å². The Kier molecular flexibility index (Phi) is 5.25. The van der Waals surface area contributed by atoms with Crippen LogP contribution in [0.4, 0.5) is 0 Å². The van der Waals surface area contributed by atoms with Gasteiger partial charge in [-0.1, -0.05) is 30.3 Å². The number of ether oxygens (including phenoxy) is 1. The van der Waals surface area contributed by atoms with Crippen LogP contribution in [0, 0.1) is 0 Å². The van der Waals surface area contributed by atoms with Crippen molar-refractivity contribution in [1.29, 1.82) is 0 Å². The van der Waals surface area contributed by atoms with Crippen molar-refractivity contribution in [3.63, 3.8) is 0 Å². The van der Waals surface area contributed by atoms with Gasteiger partial charge in [-0.25, -0.2) is 8.42 Å². The molecular weight excluding hydrogens is 360 g/mol. The van der Waals surface area contributed by atoms with Crippen LogP contribution in [0.2, 0.25) is 0 Å². The zero-order chi connectivity index (χ0) is 19.0. The van der Waals surface area contributed by atoms with E-state index in [1.54, 1.807) is 21.3 Å². The summed E-state index contributed by atoms with van der Waals surface area (Å²) >= 11 is 0. The molecule has 0 saturated carbocycles. The number of nitrogens with zero attached hydrogens (tertiary/aromatic N) is 1. The van der Waals surface area contributed by atoms with Crippen molar-refractivity contribution in [2.75, 3.05) is 26.2 Å². The largest absolute Gasteiger partial charge is 0.364 e. The maximum absolute atomic E-state index is 13.1. The number of sulfonamides is 1. The molecule has 0 unspecified atom stereocenters. The SMILES string of the molecule is C[C@H]1C[NH+](C2CCN(S(=O)(=O)c3ccc4ccccc4c3)CC2)C[C@H](C)O1. The fourth-order valence-electron chi connectivity index (χ4n) is 4.63. The third-order valence-electron chi connectivity index (χ3n) is 5.95. The quantitative estimate of drug-likeness (QED) is 0.869. The van der Waals surface area contributed by atoms with Gasteiger partial charge < -0.3 is 9.64 Å². The van der Waals surface area contributed by atoms with Gasteiger partial charge in [0.25, 0.3) is 0 Å². The molecule has 6 heteroatoms. The van der Waals surface area contributed by atoms with E-state index < -0.39 is 10.0 Å². The van der Waals surface area contributed by atoms with Crippen LogP contribution in [0.25, 0.3) is 10.8 Å². The molecule has 5 nitrogen and oxygen atoms in total. The molecular formula is C21H29N2O3S+. The van der Waals surface area contributed by atoms with E-state index in [4.69, 9.17) is 4.74 Å². The third-order valence-corrected chi connectivity index (χ3v) is 7.85. The second kappa shape index (κ2) is 7.51. The van der Waals surface area contributed by atoms with E-state index in [9.17, 15) is 8.42 Å². The molecule has 0 radical (unpaired) electrons. The number of rotatable bonds is 3. The fraction of sp³-hybridized carbons (Fsp3) is 0.524. The maximum atomic E-state index is 13.1. The lowest BCUT2D eigenvalue weighted by Gasteiger charge is -2.40. The highest BCUT2D eigenvalue weighted by Gasteiger charge is 2.36. The summed E-state index contributed by atoms with van der Waals surface area (Å²) in [5.74, 6) is 0. The van der Waals surface area contributed by atoms with Crippen molar-refractivity contribution < 1.29 is 18.1 Å². The number of piperidine rings is 1. The first-order valence-electron chi connectivity index (χ1n) is 9.92. The predicted molar refractivity (Wildman–Crippen MR) is 106 cm³/mol. The minimum Gasteiger partial charge on any atom is -0.364 e. The molecule has 0 aromatic heterocycles. The van der Waals surface area contributed by atoms with Crippen LogP contribution in [0.15, 0.2) is 47.4 Å². The molecule has 0 spiro atoms. The van der Waals surface area contributed by atoms with Gasteiger partial charge in [-0.05, 0) is 36.8 Å². The Hall–Kier alpha value is -1.47. The molecule has 146 valence electrons. The molecule has 2 saturated heterocycles. The molecule has 2 aromatic carbocycles. The first kappa shape index (κ1) is 18.9. The summed E-state index contributed by atoms with van der Waals surface area (Å²) in [6.45, 7) is 7.52. The molecule has 0 aliphatic carbocycles. The van der Waals surface area contributed by atoms with Crippen molar-refractivity contribution >= 4 is 20.8 Å². The molecule has 0 amide bonds. The zero-order valence-corrected chi connectivity index (χ0v) is 16.9. The van der Waals surface area contributed by atoms with Gasteiger partial charge in [0, 0.05) is 25.9 Å². The van der Waals surface area contributed by atoms with Crippen molar-refractivity contribution in [3.05, 3.63) is 42.5 Å². The minimum atomic E-state index is -3.43. The number of hydrogen-bond donors (Lipinski definition) is 1. The first-order valence-corrected chi connectivity index (χ1v) is 11.4. The number of fused-ring (bicyclic) bond motifs is 1. The van der Waals surface area contributed by atoms with Crippen LogP contribution in [0.3, 0.4) is 0 Å². The Balaban J connectivity index is 1.46. The lowest BCUT2D eigenvalue weighted by Crippen LogP contribution is -3.19. The van der Waals surface area contributed by atoms with Crippen molar-refractivity contribution in [3.8, 4) is 0 Å². The van der Waals surface area contributed by atoms with E-state index in [1.165, 1.54) is 0 Å². The number of hydrogen-bond acceptors (Lipinski definition) is 3. The van der Waals surface area contributed by atoms with Gasteiger partial charge in [0.1, 0.15) is 25.3 Å². The first-order chi connectivity index (χ1) is 12.9. The Morgan fingerprint density at radius 3 is 2.26 bits per heavy atom. The zero-order valence-electron chi connectivity index (χ0n) is 16.1. The summed E-state index contributed by atoms with van der Waals surface area (Å²) in [6.07, 6.45) is 2.40. The molecule has 0 bridgehead atoms. The van der Waals surface area contributed by atoms with Crippen LogP contribution >= 0.6 is 0 Å². The minimum absolute atomic E-state index is 0.281. The summed E-state index contributed by atoms with van der Waals surface area (Å²) in [5.41, 5.74) is 0. The summed E-state index contributed by atoms with van der Waals surface area (Å²) in [7, 11) is -3.43. The molecule has 2 heterocycles. The van der Waals surface area contributed by atoms with E-state index in [0.717, 1.165) is 36.7 Å². The van der Waals surface area contributed by atoms with Gasteiger partial charge in [0.2, 0.25) is 10.0 Å². The molecule has 1 N–H and O–H groups in total. The van der Waals surface area contributed by atoms with Crippen LogP contribution in [-0.4, -0.2) is 57.2 Å². The standard InChI is InChI=1S/C21H28N2O3S/c1-16-14-22(15-17(2)26-16)20-9-11-23(12-10-20)27(24,25)21-8-7-18-5-3-4-6-19(18)13-21/h3-8,13,16-17,20H,9-12,14-15H2,1-2H3/p+1/t16-,17-/m0/s1. The van der Waals surface area contributed by atoms with Gasteiger partial charge in [-0.15, -0.1) is 0 Å². The molecule has 2 atom stereocenters. The molecule has 2 aromatic rings. The van der Waals surface area contributed by atoms with E-state index in [1.807, 2.05) is 30.3 Å². The summed E-state index contributed by atoms with van der Waals surface area (Å²) in [4.78, 5) is 1.98. The summed E-state index contributed by atoms with van der Waals surface area (Å²) < 4.78 is 33.7. The highest BCUT2D eigenvalue weighted by Crippen LogP contribution is 2.24. The van der Waals surface area contributed by atoms with E-state index in [2.05, 4.69) is 13.8 Å². The lowest BCUT2D eigenvalue weighted by atomic mass is 10.0.